The predicted octanol–water partition coefficient (Wildman–Crippen LogP) is -0.533. The van der Waals surface area contributed by atoms with Crippen LogP contribution in [0.2, 0.25) is 0 Å². The Kier molecular flexibility index (Phi) is 5.98. The first-order valence-corrected chi connectivity index (χ1v) is 8.08. The number of sulfonamides is 1. The number of amides is 1. The van der Waals surface area contributed by atoms with Crippen molar-refractivity contribution in [3.8, 4) is 11.8 Å². The summed E-state index contributed by atoms with van der Waals surface area (Å²) in [5.41, 5.74) is 5.90. The molecule has 1 heterocycles. The second-order valence-corrected chi connectivity index (χ2v) is 6.30. The molecule has 0 aliphatic rings. The Hall–Kier alpha value is -1.40. The van der Waals surface area contributed by atoms with E-state index in [4.69, 9.17) is 10.9 Å². The summed E-state index contributed by atoms with van der Waals surface area (Å²) in [6.07, 6.45) is 0.278. The molecule has 0 unspecified atom stereocenters. The van der Waals surface area contributed by atoms with Crippen LogP contribution in [0.15, 0.2) is 11.4 Å². The van der Waals surface area contributed by atoms with Crippen LogP contribution in [-0.4, -0.2) is 33.2 Å². The van der Waals surface area contributed by atoms with Gasteiger partial charge in [-0.1, -0.05) is 11.8 Å². The molecule has 0 fully saturated rings. The normalized spacial score (nSPS) is 10.6. The lowest BCUT2D eigenvalue weighted by Gasteiger charge is -2.03. The Balaban J connectivity index is 2.52. The second-order valence-electron chi connectivity index (χ2n) is 3.65. The van der Waals surface area contributed by atoms with Crippen LogP contribution in [0.5, 0.6) is 0 Å². The quantitative estimate of drug-likeness (QED) is 0.500. The molecule has 0 aliphatic carbocycles. The molecule has 1 aromatic rings. The van der Waals surface area contributed by atoms with E-state index in [0.29, 0.717) is 10.4 Å². The van der Waals surface area contributed by atoms with Gasteiger partial charge in [-0.25, -0.2) is 13.6 Å². The molecule has 19 heavy (non-hydrogen) atoms. The molecule has 5 N–H and O–H groups in total. The third-order valence-corrected chi connectivity index (χ3v) is 3.86. The van der Waals surface area contributed by atoms with Crippen molar-refractivity contribution in [2.75, 3.05) is 18.8 Å². The number of primary sulfonamides is 1. The maximum absolute atomic E-state index is 11.8. The van der Waals surface area contributed by atoms with Crippen molar-refractivity contribution >= 4 is 27.3 Å². The largest absolute Gasteiger partial charge is 0.351 e. The van der Waals surface area contributed by atoms with Crippen molar-refractivity contribution in [1.29, 1.82) is 0 Å². The maximum atomic E-state index is 11.8. The smallest absolute Gasteiger partial charge is 0.262 e. The van der Waals surface area contributed by atoms with E-state index in [9.17, 15) is 13.2 Å². The number of carbonyl (C=O) groups is 1. The zero-order valence-electron chi connectivity index (χ0n) is 10.2. The summed E-state index contributed by atoms with van der Waals surface area (Å²) >= 11 is 1.27. The molecule has 104 valence electrons. The van der Waals surface area contributed by atoms with Gasteiger partial charge in [0, 0.05) is 12.1 Å². The Bertz CT molecular complexity index is 596. The summed E-state index contributed by atoms with van der Waals surface area (Å²) in [5, 5.41) is 9.25. The minimum Gasteiger partial charge on any atom is -0.351 e. The van der Waals surface area contributed by atoms with Crippen molar-refractivity contribution in [2.24, 2.45) is 10.9 Å². The van der Waals surface area contributed by atoms with Gasteiger partial charge in [0.15, 0.2) is 0 Å². The highest BCUT2D eigenvalue weighted by Gasteiger charge is 2.11. The van der Waals surface area contributed by atoms with Crippen LogP contribution >= 0.6 is 11.3 Å². The number of thiophene rings is 1. The van der Waals surface area contributed by atoms with E-state index in [1.54, 1.807) is 11.4 Å². The molecule has 0 aliphatic heterocycles. The molecule has 0 saturated carbocycles. The molecule has 0 spiro atoms. The van der Waals surface area contributed by atoms with E-state index in [1.807, 2.05) is 0 Å². The van der Waals surface area contributed by atoms with E-state index < -0.39 is 10.0 Å². The number of hydrogen-bond acceptors (Lipinski definition) is 5. The number of carbonyl (C=O) groups excluding carboxylic acids is 1. The first-order valence-electron chi connectivity index (χ1n) is 5.49. The average Bonchev–Trinajstić information content (AvgIpc) is 2.79. The third-order valence-electron chi connectivity index (χ3n) is 2.09. The molecule has 0 aromatic carbocycles. The molecule has 0 saturated heterocycles. The van der Waals surface area contributed by atoms with E-state index in [-0.39, 0.29) is 31.2 Å². The molecule has 1 rings (SSSR count). The van der Waals surface area contributed by atoms with Gasteiger partial charge in [-0.2, -0.15) is 0 Å². The SMILES string of the molecule is NCC#Cc1ccsc1C(=O)NCCCS(N)(=O)=O. The molecule has 1 amide bonds. The molecule has 0 atom stereocenters. The van der Waals surface area contributed by atoms with Crippen molar-refractivity contribution < 1.29 is 13.2 Å². The van der Waals surface area contributed by atoms with Gasteiger partial charge in [0.2, 0.25) is 10.0 Å². The topological polar surface area (TPSA) is 115 Å². The molecular formula is C11H15N3O3S2. The minimum absolute atomic E-state index is 0.155. The Morgan fingerprint density at radius 1 is 1.47 bits per heavy atom. The average molecular weight is 301 g/mol. The van der Waals surface area contributed by atoms with Crippen molar-refractivity contribution in [3.05, 3.63) is 21.9 Å². The number of rotatable bonds is 5. The lowest BCUT2D eigenvalue weighted by atomic mass is 10.2. The summed E-state index contributed by atoms with van der Waals surface area (Å²) in [6, 6.07) is 1.74. The molecule has 0 bridgehead atoms. The van der Waals surface area contributed by atoms with Crippen molar-refractivity contribution in [3.63, 3.8) is 0 Å². The molecule has 0 radical (unpaired) electrons. The first kappa shape index (κ1) is 15.7. The summed E-state index contributed by atoms with van der Waals surface area (Å²) in [5.74, 6) is 5.06. The van der Waals surface area contributed by atoms with E-state index in [1.165, 1.54) is 11.3 Å². The van der Waals surface area contributed by atoms with Gasteiger partial charge >= 0.3 is 0 Å². The lowest BCUT2D eigenvalue weighted by molar-refractivity contribution is 0.0957. The standard InChI is InChI=1S/C11H15N3O3S2/c12-5-1-3-9-4-7-18-10(9)11(15)14-6-2-8-19(13,16)17/h4,7H,2,5-6,8,12H2,(H,14,15)(H2,13,16,17). The van der Waals surface area contributed by atoms with Gasteiger partial charge < -0.3 is 11.1 Å². The fourth-order valence-corrected chi connectivity index (χ4v) is 2.60. The van der Waals surface area contributed by atoms with Gasteiger partial charge in [-0.05, 0) is 17.9 Å². The summed E-state index contributed by atoms with van der Waals surface area (Å²) < 4.78 is 21.4. The van der Waals surface area contributed by atoms with Crippen molar-refractivity contribution in [1.82, 2.24) is 5.32 Å². The third kappa shape index (κ3) is 5.85. The van der Waals surface area contributed by atoms with Gasteiger partial charge in [-0.3, -0.25) is 4.79 Å². The van der Waals surface area contributed by atoms with Gasteiger partial charge in [-0.15, -0.1) is 11.3 Å². The van der Waals surface area contributed by atoms with Crippen LogP contribution in [0.1, 0.15) is 21.7 Å². The zero-order valence-corrected chi connectivity index (χ0v) is 11.8. The summed E-state index contributed by atoms with van der Waals surface area (Å²) in [4.78, 5) is 12.3. The zero-order chi connectivity index (χ0) is 14.3. The fraction of sp³-hybridized carbons (Fsp3) is 0.364. The van der Waals surface area contributed by atoms with Crippen LogP contribution in [0, 0.1) is 11.8 Å². The Morgan fingerprint density at radius 2 is 2.21 bits per heavy atom. The van der Waals surface area contributed by atoms with E-state index in [0.717, 1.165) is 0 Å². The predicted molar refractivity (Wildman–Crippen MR) is 75.2 cm³/mol. The first-order chi connectivity index (χ1) is 8.94. The Labute approximate surface area is 116 Å². The maximum Gasteiger partial charge on any atom is 0.262 e. The number of nitrogens with one attached hydrogen (secondary N) is 1. The van der Waals surface area contributed by atoms with Crippen LogP contribution in [0.25, 0.3) is 0 Å². The second kappa shape index (κ2) is 7.25. The molecular weight excluding hydrogens is 286 g/mol. The monoisotopic (exact) mass is 301 g/mol. The summed E-state index contributed by atoms with van der Waals surface area (Å²) in [6.45, 7) is 0.474. The molecule has 8 heteroatoms. The molecule has 1 aromatic heterocycles. The Morgan fingerprint density at radius 3 is 2.84 bits per heavy atom. The fourth-order valence-electron chi connectivity index (χ4n) is 1.29. The van der Waals surface area contributed by atoms with E-state index in [2.05, 4.69) is 17.2 Å². The van der Waals surface area contributed by atoms with Gasteiger partial charge in [0.05, 0.1) is 12.3 Å². The highest BCUT2D eigenvalue weighted by Crippen LogP contribution is 2.15. The molecule has 6 nitrogen and oxygen atoms in total. The minimum atomic E-state index is -3.48. The van der Waals surface area contributed by atoms with Crippen LogP contribution in [-0.2, 0) is 10.0 Å². The van der Waals surface area contributed by atoms with E-state index >= 15 is 0 Å². The summed E-state index contributed by atoms with van der Waals surface area (Å²) in [7, 11) is -3.48. The lowest BCUT2D eigenvalue weighted by Crippen LogP contribution is -2.27. The van der Waals surface area contributed by atoms with Crippen LogP contribution in [0.4, 0.5) is 0 Å². The number of hydrogen-bond donors (Lipinski definition) is 3. The van der Waals surface area contributed by atoms with Crippen LogP contribution in [0.3, 0.4) is 0 Å². The number of nitrogens with two attached hydrogens (primary N) is 2. The van der Waals surface area contributed by atoms with Gasteiger partial charge in [0.25, 0.3) is 5.91 Å². The highest BCUT2D eigenvalue weighted by atomic mass is 32.2. The van der Waals surface area contributed by atoms with Crippen molar-refractivity contribution in [2.45, 2.75) is 6.42 Å². The van der Waals surface area contributed by atoms with Gasteiger partial charge in [0.1, 0.15) is 4.88 Å². The van der Waals surface area contributed by atoms with Crippen LogP contribution < -0.4 is 16.2 Å². The highest BCUT2D eigenvalue weighted by molar-refractivity contribution is 7.89.